The molecule has 3 rings (SSSR count). The average molecular weight is 363 g/mol. The molecule has 8 heteroatoms. The first-order valence-electron chi connectivity index (χ1n) is 7.56. The summed E-state index contributed by atoms with van der Waals surface area (Å²) in [6.07, 6.45) is -4.07. The second kappa shape index (κ2) is 7.38. The summed E-state index contributed by atoms with van der Waals surface area (Å²) in [5.41, 5.74) is -0.378. The number of alkyl halides is 3. The Bertz CT molecular complexity index is 885. The highest BCUT2D eigenvalue weighted by atomic mass is 19.4. The molecule has 0 aliphatic carbocycles. The molecule has 2 aromatic carbocycles. The average Bonchev–Trinajstić information content (AvgIpc) is 2.62. The summed E-state index contributed by atoms with van der Waals surface area (Å²) in [4.78, 5) is 7.37. The van der Waals surface area contributed by atoms with Crippen LogP contribution in [0.3, 0.4) is 0 Å². The Morgan fingerprint density at radius 3 is 2.35 bits per heavy atom. The monoisotopic (exact) mass is 363 g/mol. The number of halogens is 4. The van der Waals surface area contributed by atoms with Gasteiger partial charge in [0.1, 0.15) is 18.0 Å². The molecule has 0 bridgehead atoms. The van der Waals surface area contributed by atoms with Gasteiger partial charge in [-0.25, -0.2) is 9.37 Å². The zero-order valence-electron chi connectivity index (χ0n) is 13.3. The van der Waals surface area contributed by atoms with Gasteiger partial charge < -0.3 is 10.1 Å². The molecule has 4 nitrogen and oxygen atoms in total. The number of nitrogens with zero attached hydrogens (tertiary/aromatic N) is 2. The van der Waals surface area contributed by atoms with Crippen molar-refractivity contribution in [1.82, 2.24) is 9.97 Å². The summed E-state index contributed by atoms with van der Waals surface area (Å²) in [6, 6.07) is 14.4. The molecule has 0 radical (unpaired) electrons. The van der Waals surface area contributed by atoms with E-state index in [0.717, 1.165) is 0 Å². The Morgan fingerprint density at radius 2 is 1.65 bits per heavy atom. The van der Waals surface area contributed by atoms with Gasteiger partial charge in [0.25, 0.3) is 0 Å². The van der Waals surface area contributed by atoms with Gasteiger partial charge in [0.2, 0.25) is 11.8 Å². The van der Waals surface area contributed by atoms with E-state index in [1.807, 2.05) is 0 Å². The molecule has 0 fully saturated rings. The molecule has 1 heterocycles. The van der Waals surface area contributed by atoms with Gasteiger partial charge >= 0.3 is 6.18 Å². The van der Waals surface area contributed by atoms with Gasteiger partial charge in [-0.15, -0.1) is 0 Å². The first-order valence-corrected chi connectivity index (χ1v) is 7.56. The topological polar surface area (TPSA) is 47.0 Å². The molecule has 0 amide bonds. The van der Waals surface area contributed by atoms with Gasteiger partial charge in [0, 0.05) is 6.20 Å². The molecule has 26 heavy (non-hydrogen) atoms. The van der Waals surface area contributed by atoms with Crippen molar-refractivity contribution in [2.45, 2.75) is 12.8 Å². The third kappa shape index (κ3) is 4.27. The Labute approximate surface area is 146 Å². The standard InChI is InChI=1S/C18H13F4N3O/c19-14-8-4-5-9-15(14)24-17-23-10-13(18(20,21)22)16(25-17)26-11-12-6-2-1-3-7-12/h1-10H,11H2,(H,23,24,25). The van der Waals surface area contributed by atoms with Crippen molar-refractivity contribution in [2.75, 3.05) is 5.32 Å². The van der Waals surface area contributed by atoms with E-state index in [1.54, 1.807) is 36.4 Å². The predicted molar refractivity (Wildman–Crippen MR) is 87.5 cm³/mol. The van der Waals surface area contributed by atoms with Crippen LogP contribution in [0, 0.1) is 5.82 Å². The Hall–Kier alpha value is -3.16. The fourth-order valence-electron chi connectivity index (χ4n) is 2.14. The van der Waals surface area contributed by atoms with E-state index in [4.69, 9.17) is 4.74 Å². The lowest BCUT2D eigenvalue weighted by Gasteiger charge is -2.14. The maximum absolute atomic E-state index is 13.7. The van der Waals surface area contributed by atoms with Crippen LogP contribution in [0.4, 0.5) is 29.2 Å². The summed E-state index contributed by atoms with van der Waals surface area (Å²) in [6.45, 7) is -0.0972. The van der Waals surface area contributed by atoms with Gasteiger partial charge in [-0.05, 0) is 17.7 Å². The summed E-state index contributed by atoms with van der Waals surface area (Å²) in [7, 11) is 0. The molecule has 0 saturated carbocycles. The SMILES string of the molecule is Fc1ccccc1Nc1ncc(C(F)(F)F)c(OCc2ccccc2)n1. The predicted octanol–water partition coefficient (Wildman–Crippen LogP) is 4.96. The lowest BCUT2D eigenvalue weighted by molar-refractivity contribution is -0.139. The van der Waals surface area contributed by atoms with Crippen molar-refractivity contribution in [3.05, 3.63) is 77.7 Å². The summed E-state index contributed by atoms with van der Waals surface area (Å²) < 4.78 is 58.4. The minimum absolute atomic E-state index is 0.0428. The minimum atomic E-state index is -4.68. The first-order chi connectivity index (χ1) is 12.4. The molecule has 0 atom stereocenters. The van der Waals surface area contributed by atoms with Crippen molar-refractivity contribution >= 4 is 11.6 Å². The third-order valence-electron chi connectivity index (χ3n) is 3.40. The van der Waals surface area contributed by atoms with E-state index < -0.39 is 23.4 Å². The highest BCUT2D eigenvalue weighted by Crippen LogP contribution is 2.35. The van der Waals surface area contributed by atoms with Gasteiger partial charge in [-0.3, -0.25) is 0 Å². The van der Waals surface area contributed by atoms with Crippen LogP contribution in [0.2, 0.25) is 0 Å². The quantitative estimate of drug-likeness (QED) is 0.651. The van der Waals surface area contributed by atoms with E-state index >= 15 is 0 Å². The molecule has 134 valence electrons. The summed E-state index contributed by atoms with van der Waals surface area (Å²) in [5.74, 6) is -1.41. The van der Waals surface area contributed by atoms with Gasteiger partial charge in [-0.2, -0.15) is 18.2 Å². The van der Waals surface area contributed by atoms with Crippen molar-refractivity contribution < 1.29 is 22.3 Å². The number of ether oxygens (including phenoxy) is 1. The van der Waals surface area contributed by atoms with Crippen LogP contribution < -0.4 is 10.1 Å². The molecule has 0 unspecified atom stereocenters. The van der Waals surface area contributed by atoms with E-state index in [1.165, 1.54) is 18.2 Å². The van der Waals surface area contributed by atoms with Crippen LogP contribution >= 0.6 is 0 Å². The number of nitrogens with one attached hydrogen (secondary N) is 1. The van der Waals surface area contributed by atoms with Crippen LogP contribution in [-0.2, 0) is 12.8 Å². The largest absolute Gasteiger partial charge is 0.472 e. The van der Waals surface area contributed by atoms with Crippen LogP contribution in [0.15, 0.2) is 60.8 Å². The molecule has 0 aliphatic rings. The molecule has 0 saturated heterocycles. The molecular formula is C18H13F4N3O. The zero-order chi connectivity index (χ0) is 18.6. The normalized spacial score (nSPS) is 11.2. The number of rotatable bonds is 5. The fourth-order valence-corrected chi connectivity index (χ4v) is 2.14. The second-order valence-corrected chi connectivity index (χ2v) is 5.29. The number of hydrogen-bond donors (Lipinski definition) is 1. The molecule has 1 N–H and O–H groups in total. The van der Waals surface area contributed by atoms with Crippen molar-refractivity contribution in [3.63, 3.8) is 0 Å². The zero-order valence-corrected chi connectivity index (χ0v) is 13.3. The Kier molecular flexibility index (Phi) is 5.01. The van der Waals surface area contributed by atoms with Crippen LogP contribution in [0.1, 0.15) is 11.1 Å². The third-order valence-corrected chi connectivity index (χ3v) is 3.40. The number of hydrogen-bond acceptors (Lipinski definition) is 4. The van der Waals surface area contributed by atoms with E-state index in [2.05, 4.69) is 15.3 Å². The van der Waals surface area contributed by atoms with Gasteiger partial charge in [0.15, 0.2) is 0 Å². The van der Waals surface area contributed by atoms with E-state index in [9.17, 15) is 17.6 Å². The molecular weight excluding hydrogens is 350 g/mol. The number of anilines is 2. The lowest BCUT2D eigenvalue weighted by Crippen LogP contribution is -2.12. The molecule has 1 aromatic heterocycles. The van der Waals surface area contributed by atoms with E-state index in [0.29, 0.717) is 11.8 Å². The van der Waals surface area contributed by atoms with Crippen LogP contribution in [0.25, 0.3) is 0 Å². The van der Waals surface area contributed by atoms with Crippen LogP contribution in [0.5, 0.6) is 5.88 Å². The summed E-state index contributed by atoms with van der Waals surface area (Å²) >= 11 is 0. The highest BCUT2D eigenvalue weighted by Gasteiger charge is 2.36. The summed E-state index contributed by atoms with van der Waals surface area (Å²) in [5, 5.41) is 2.54. The van der Waals surface area contributed by atoms with Gasteiger partial charge in [-0.1, -0.05) is 42.5 Å². The highest BCUT2D eigenvalue weighted by molar-refractivity contribution is 5.54. The molecule has 0 spiro atoms. The Balaban J connectivity index is 1.87. The number of para-hydroxylation sites is 1. The molecule has 3 aromatic rings. The lowest BCUT2D eigenvalue weighted by atomic mass is 10.2. The van der Waals surface area contributed by atoms with Crippen LogP contribution in [-0.4, -0.2) is 9.97 Å². The fraction of sp³-hybridized carbons (Fsp3) is 0.111. The maximum Gasteiger partial charge on any atom is 0.423 e. The van der Waals surface area contributed by atoms with E-state index in [-0.39, 0.29) is 18.2 Å². The smallest absolute Gasteiger partial charge is 0.423 e. The van der Waals surface area contributed by atoms with Crippen molar-refractivity contribution in [3.8, 4) is 5.88 Å². The second-order valence-electron chi connectivity index (χ2n) is 5.29. The first kappa shape index (κ1) is 17.7. The number of aromatic nitrogens is 2. The number of benzene rings is 2. The van der Waals surface area contributed by atoms with Gasteiger partial charge in [0.05, 0.1) is 5.69 Å². The van der Waals surface area contributed by atoms with Crippen molar-refractivity contribution in [1.29, 1.82) is 0 Å². The Morgan fingerprint density at radius 1 is 0.962 bits per heavy atom. The van der Waals surface area contributed by atoms with Crippen molar-refractivity contribution in [2.24, 2.45) is 0 Å². The minimum Gasteiger partial charge on any atom is -0.472 e. The maximum atomic E-state index is 13.7. The molecule has 0 aliphatic heterocycles.